The maximum Gasteiger partial charge on any atom is 0.260 e. The lowest BCUT2D eigenvalue weighted by Gasteiger charge is -2.43. The van der Waals surface area contributed by atoms with Crippen LogP contribution >= 0.6 is 34.7 Å². The van der Waals surface area contributed by atoms with Crippen molar-refractivity contribution in [1.82, 2.24) is 29.6 Å². The number of benzene rings is 1. The van der Waals surface area contributed by atoms with E-state index in [0.29, 0.717) is 21.0 Å². The molecule has 0 unspecified atom stereocenters. The maximum absolute atomic E-state index is 13.0. The van der Waals surface area contributed by atoms with Gasteiger partial charge in [-0.2, -0.15) is 0 Å². The minimum atomic E-state index is -1.18. The summed E-state index contributed by atoms with van der Waals surface area (Å²) in [4.78, 5) is 37.3. The molecule has 4 heterocycles. The molecule has 1 fully saturated rings. The molecule has 1 aliphatic carbocycles. The highest BCUT2D eigenvalue weighted by molar-refractivity contribution is 7.99. The Morgan fingerprint density at radius 3 is 2.72 bits per heavy atom. The fourth-order valence-corrected chi connectivity index (χ4v) is 8.30. The summed E-state index contributed by atoms with van der Waals surface area (Å²) in [6, 6.07) is 3.61. The largest absolute Gasteiger partial charge is 0.598 e. The van der Waals surface area contributed by atoms with Crippen LogP contribution in [0.4, 0.5) is 5.82 Å². The third kappa shape index (κ3) is 5.07. The number of nitrogens with zero attached hydrogens (tertiary/aromatic N) is 5. The van der Waals surface area contributed by atoms with Crippen LogP contribution in [-0.2, 0) is 17.8 Å². The molecule has 39 heavy (non-hydrogen) atoms. The van der Waals surface area contributed by atoms with Crippen molar-refractivity contribution in [3.8, 4) is 0 Å². The number of hydrogen-bond donors (Lipinski definition) is 2. The van der Waals surface area contributed by atoms with E-state index in [1.54, 1.807) is 29.8 Å². The molecule has 13 heteroatoms. The van der Waals surface area contributed by atoms with Gasteiger partial charge in [-0.1, -0.05) is 23.4 Å². The number of hydrogen-bond acceptors (Lipinski definition) is 10. The van der Waals surface area contributed by atoms with Gasteiger partial charge in [0.2, 0.25) is 0 Å². The Hall–Kier alpha value is -2.22. The zero-order valence-electron chi connectivity index (χ0n) is 21.7. The van der Waals surface area contributed by atoms with Crippen molar-refractivity contribution in [3.05, 3.63) is 62.3 Å². The van der Waals surface area contributed by atoms with E-state index in [2.05, 4.69) is 29.6 Å². The molecular formula is C26H28ClN7O2S3. The summed E-state index contributed by atoms with van der Waals surface area (Å²) in [7, 11) is 0. The normalized spacial score (nSPS) is 19.5. The molecule has 1 saturated heterocycles. The average Bonchev–Trinajstić information content (AvgIpc) is 3.46. The molecule has 204 valence electrons. The molecule has 0 amide bonds. The van der Waals surface area contributed by atoms with Gasteiger partial charge in [-0.3, -0.25) is 4.79 Å². The van der Waals surface area contributed by atoms with E-state index in [4.69, 9.17) is 16.6 Å². The first-order valence-corrected chi connectivity index (χ1v) is 15.9. The smallest absolute Gasteiger partial charge is 0.260 e. The molecule has 6 rings (SSSR count). The number of aromatic nitrogens is 5. The zero-order chi connectivity index (χ0) is 27.4. The van der Waals surface area contributed by atoms with Crippen LogP contribution in [0.15, 0.2) is 51.1 Å². The third-order valence-electron chi connectivity index (χ3n) is 7.48. The first-order valence-electron chi connectivity index (χ1n) is 12.7. The highest BCUT2D eigenvalue weighted by Crippen LogP contribution is 2.53. The zero-order valence-corrected chi connectivity index (χ0v) is 24.9. The van der Waals surface area contributed by atoms with Gasteiger partial charge in [0.05, 0.1) is 45.9 Å². The lowest BCUT2D eigenvalue weighted by molar-refractivity contribution is 0.174. The number of thiazole rings is 1. The van der Waals surface area contributed by atoms with Crippen molar-refractivity contribution in [2.45, 2.75) is 60.7 Å². The van der Waals surface area contributed by atoms with Crippen molar-refractivity contribution in [1.29, 1.82) is 0 Å². The van der Waals surface area contributed by atoms with Crippen LogP contribution in [-0.4, -0.2) is 47.3 Å². The molecule has 3 aromatic heterocycles. The summed E-state index contributed by atoms with van der Waals surface area (Å²) in [6.45, 7) is 7.65. The predicted molar refractivity (Wildman–Crippen MR) is 157 cm³/mol. The van der Waals surface area contributed by atoms with E-state index in [-0.39, 0.29) is 21.8 Å². The minimum absolute atomic E-state index is 0.00437. The molecule has 2 atom stereocenters. The first kappa shape index (κ1) is 27.0. The maximum atomic E-state index is 13.0. The van der Waals surface area contributed by atoms with Gasteiger partial charge in [0.25, 0.3) is 5.56 Å². The molecule has 1 aromatic carbocycles. The summed E-state index contributed by atoms with van der Waals surface area (Å²) in [5.41, 5.74) is 3.24. The van der Waals surface area contributed by atoms with Gasteiger partial charge in [-0.15, -0.1) is 16.1 Å². The topological polar surface area (TPSA) is 123 Å². The number of halogens is 1. The average molecular weight is 602 g/mol. The Bertz CT molecular complexity index is 1560. The fourth-order valence-electron chi connectivity index (χ4n) is 5.29. The summed E-state index contributed by atoms with van der Waals surface area (Å²) < 4.78 is 16.2. The molecule has 0 bridgehead atoms. The summed E-state index contributed by atoms with van der Waals surface area (Å²) in [6.07, 6.45) is 7.76. The molecule has 2 N–H and O–H groups in total. The van der Waals surface area contributed by atoms with Gasteiger partial charge in [0.1, 0.15) is 21.6 Å². The van der Waals surface area contributed by atoms with Crippen LogP contribution in [0.1, 0.15) is 50.2 Å². The highest BCUT2D eigenvalue weighted by atomic mass is 35.5. The molecule has 4 aromatic rings. The van der Waals surface area contributed by atoms with Crippen LogP contribution in [0, 0.1) is 5.41 Å². The summed E-state index contributed by atoms with van der Waals surface area (Å²) in [5, 5.41) is 1.41. The lowest BCUT2D eigenvalue weighted by Crippen LogP contribution is -2.50. The molecule has 9 nitrogen and oxygen atoms in total. The summed E-state index contributed by atoms with van der Waals surface area (Å²) >= 11 is 8.42. The Morgan fingerprint density at radius 2 is 2.00 bits per heavy atom. The van der Waals surface area contributed by atoms with Gasteiger partial charge in [0.15, 0.2) is 0 Å². The Kier molecular flexibility index (Phi) is 7.13. The van der Waals surface area contributed by atoms with E-state index in [9.17, 15) is 9.35 Å². The van der Waals surface area contributed by atoms with E-state index < -0.39 is 11.4 Å². The first-order chi connectivity index (χ1) is 18.6. The van der Waals surface area contributed by atoms with E-state index in [1.807, 2.05) is 32.3 Å². The van der Waals surface area contributed by atoms with Crippen LogP contribution in [0.25, 0.3) is 10.9 Å². The predicted octanol–water partition coefficient (Wildman–Crippen LogP) is 4.91. The van der Waals surface area contributed by atoms with Crippen molar-refractivity contribution in [2.24, 2.45) is 5.41 Å². The molecule has 2 aliphatic rings. The molecular weight excluding hydrogens is 574 g/mol. The third-order valence-corrected chi connectivity index (χ3v) is 11.4. The van der Waals surface area contributed by atoms with Gasteiger partial charge < -0.3 is 14.4 Å². The molecule has 1 spiro atoms. The van der Waals surface area contributed by atoms with Crippen molar-refractivity contribution in [2.75, 3.05) is 18.0 Å². The Balaban J connectivity index is 1.15. The number of nitrogens with one attached hydrogen (secondary N) is 2. The van der Waals surface area contributed by atoms with Gasteiger partial charge in [0, 0.05) is 39.6 Å². The van der Waals surface area contributed by atoms with Crippen LogP contribution in [0.3, 0.4) is 0 Å². The number of fused-ring (bicyclic) bond motifs is 2. The van der Waals surface area contributed by atoms with Gasteiger partial charge >= 0.3 is 0 Å². The summed E-state index contributed by atoms with van der Waals surface area (Å²) in [5.74, 6) is 0.827. The van der Waals surface area contributed by atoms with E-state index >= 15 is 0 Å². The Morgan fingerprint density at radius 1 is 1.21 bits per heavy atom. The fraction of sp³-hybridized carbons (Fsp3) is 0.423. The molecule has 1 aliphatic heterocycles. The Labute approximate surface area is 242 Å². The molecule has 0 saturated carbocycles. The second-order valence-electron chi connectivity index (χ2n) is 10.9. The monoisotopic (exact) mass is 601 g/mol. The van der Waals surface area contributed by atoms with Crippen molar-refractivity contribution >= 4 is 62.8 Å². The van der Waals surface area contributed by atoms with Crippen molar-refractivity contribution in [3.63, 3.8) is 0 Å². The molecule has 0 radical (unpaired) electrons. The number of aromatic amines is 1. The van der Waals surface area contributed by atoms with E-state index in [0.717, 1.165) is 48.8 Å². The van der Waals surface area contributed by atoms with E-state index in [1.165, 1.54) is 23.0 Å². The van der Waals surface area contributed by atoms with Crippen LogP contribution in [0.5, 0.6) is 0 Å². The van der Waals surface area contributed by atoms with Crippen LogP contribution in [0.2, 0.25) is 5.02 Å². The number of anilines is 1. The van der Waals surface area contributed by atoms with Gasteiger partial charge in [-0.05, 0) is 52.2 Å². The minimum Gasteiger partial charge on any atom is -0.598 e. The number of H-pyrrole nitrogens is 1. The highest BCUT2D eigenvalue weighted by Gasteiger charge is 2.52. The van der Waals surface area contributed by atoms with Gasteiger partial charge in [-0.25, -0.2) is 19.9 Å². The SMILES string of the molecule is CC(C)(C)[S@+]([O-])N[C@H]1c2ncsc2CC12CCN(c1cnc(Sc3ccc4nc[nH]c(=O)c4c3Cl)cn1)CC2. The van der Waals surface area contributed by atoms with Crippen LogP contribution < -0.4 is 15.2 Å². The quantitative estimate of drug-likeness (QED) is 0.307. The lowest BCUT2D eigenvalue weighted by atomic mass is 9.73. The number of piperidine rings is 1. The number of rotatable bonds is 5. The second kappa shape index (κ2) is 10.3. The standard InChI is InChI=1S/C26H28ClN7O2S3/c1-25(2,3)39(36)33-23-22-17(37-14-32-22)10-26(23)6-8-34(9-7-26)18-11-29-19(12-28-18)38-16-5-4-15-20(21(16)27)24(35)31-13-30-15/h4-5,11-14,23,33H,6-10H2,1-3H3,(H,30,31,35)/t23-,39-/m0/s1. The second-order valence-corrected chi connectivity index (χ2v) is 15.3. The van der Waals surface area contributed by atoms with Crippen molar-refractivity contribution < 1.29 is 4.55 Å².